The van der Waals surface area contributed by atoms with E-state index in [1.165, 1.54) is 5.69 Å². The highest BCUT2D eigenvalue weighted by molar-refractivity contribution is 5.78. The van der Waals surface area contributed by atoms with Crippen LogP contribution in [-0.4, -0.2) is 50.3 Å². The monoisotopic (exact) mass is 403 g/mol. The molecule has 3 aromatic heterocycles. The maximum atomic E-state index is 12.3. The number of nitrogens with two attached hydrogens (primary N) is 1. The molecule has 3 N–H and O–H groups in total. The van der Waals surface area contributed by atoms with Crippen molar-refractivity contribution in [3.05, 3.63) is 48.5 Å². The second kappa shape index (κ2) is 7.12. The largest absolute Gasteiger partial charge is 0.383 e. The number of hydrogen-bond acceptors (Lipinski definition) is 5. The number of amides is 2. The van der Waals surface area contributed by atoms with Crippen molar-refractivity contribution in [1.29, 1.82) is 0 Å². The Morgan fingerprint density at radius 3 is 2.90 bits per heavy atom. The number of fused-ring (bicyclic) bond motifs is 2. The Balaban J connectivity index is 1.46. The van der Waals surface area contributed by atoms with Gasteiger partial charge in [0.2, 0.25) is 0 Å². The highest BCUT2D eigenvalue weighted by Gasteiger charge is 2.46. The maximum Gasteiger partial charge on any atom is 0.317 e. The number of nitrogens with one attached hydrogen (secondary N) is 1. The Labute approximate surface area is 175 Å². The molecule has 2 aliphatic rings. The minimum atomic E-state index is -0.0102. The molecule has 3 aromatic rings. The van der Waals surface area contributed by atoms with E-state index in [2.05, 4.69) is 26.0 Å². The van der Waals surface area contributed by atoms with Gasteiger partial charge in [0, 0.05) is 72.6 Å². The van der Waals surface area contributed by atoms with Crippen LogP contribution in [0.15, 0.2) is 42.9 Å². The number of nitrogen functional groups attached to an aromatic ring is 1. The van der Waals surface area contributed by atoms with Crippen molar-refractivity contribution in [1.82, 2.24) is 30.0 Å². The predicted octanol–water partition coefficient (Wildman–Crippen LogP) is 2.67. The molecule has 1 unspecified atom stereocenters. The molecule has 5 rings (SSSR count). The van der Waals surface area contributed by atoms with Crippen LogP contribution < -0.4 is 11.1 Å². The number of likely N-dealkylation sites (tertiary alicyclic amines) is 1. The van der Waals surface area contributed by atoms with E-state index in [9.17, 15) is 4.79 Å². The zero-order valence-corrected chi connectivity index (χ0v) is 17.0. The van der Waals surface area contributed by atoms with Crippen molar-refractivity contribution in [3.8, 4) is 22.4 Å². The Bertz CT molecular complexity index is 1090. The zero-order valence-electron chi connectivity index (χ0n) is 17.0. The van der Waals surface area contributed by atoms with Crippen LogP contribution >= 0.6 is 0 Å². The molecule has 1 fully saturated rings. The van der Waals surface area contributed by atoms with Crippen LogP contribution in [0.2, 0.25) is 0 Å². The number of aromatic nitrogens is 4. The molecule has 30 heavy (non-hydrogen) atoms. The normalized spacial score (nSPS) is 20.0. The third kappa shape index (κ3) is 2.99. The highest BCUT2D eigenvalue weighted by atomic mass is 16.2. The summed E-state index contributed by atoms with van der Waals surface area (Å²) in [4.78, 5) is 22.8. The van der Waals surface area contributed by atoms with Gasteiger partial charge in [0.1, 0.15) is 5.82 Å². The van der Waals surface area contributed by atoms with Crippen LogP contribution in [-0.2, 0) is 12.0 Å². The van der Waals surface area contributed by atoms with E-state index in [-0.39, 0.29) is 11.4 Å². The third-order valence-corrected chi connectivity index (χ3v) is 6.28. The van der Waals surface area contributed by atoms with Gasteiger partial charge in [-0.25, -0.2) is 9.78 Å². The number of carbonyl (C=O) groups is 1. The topological polar surface area (TPSA) is 102 Å². The number of pyridine rings is 2. The Morgan fingerprint density at radius 1 is 1.23 bits per heavy atom. The van der Waals surface area contributed by atoms with E-state index in [1.807, 2.05) is 30.0 Å². The fourth-order valence-corrected chi connectivity index (χ4v) is 4.69. The molecule has 8 heteroatoms. The van der Waals surface area contributed by atoms with Gasteiger partial charge in [-0.2, -0.15) is 5.10 Å². The number of aryl methyl sites for hydroxylation is 1. The van der Waals surface area contributed by atoms with Crippen LogP contribution in [0.3, 0.4) is 0 Å². The number of urea groups is 1. The van der Waals surface area contributed by atoms with Gasteiger partial charge in [-0.05, 0) is 38.0 Å². The molecule has 154 valence electrons. The van der Waals surface area contributed by atoms with Gasteiger partial charge in [0.15, 0.2) is 0 Å². The molecule has 0 saturated carbocycles. The van der Waals surface area contributed by atoms with Crippen LogP contribution in [0, 0.1) is 0 Å². The van der Waals surface area contributed by atoms with Crippen molar-refractivity contribution >= 4 is 11.8 Å². The third-order valence-electron chi connectivity index (χ3n) is 6.28. The molecule has 1 saturated heterocycles. The molecule has 0 radical (unpaired) electrons. The van der Waals surface area contributed by atoms with E-state index in [0.717, 1.165) is 54.9 Å². The van der Waals surface area contributed by atoms with Gasteiger partial charge >= 0.3 is 6.03 Å². The molecular formula is C22H25N7O. The van der Waals surface area contributed by atoms with Crippen molar-refractivity contribution < 1.29 is 4.79 Å². The van der Waals surface area contributed by atoms with E-state index in [4.69, 9.17) is 10.8 Å². The second-order valence-corrected chi connectivity index (χ2v) is 8.07. The number of carbonyl (C=O) groups excluding carboxylic acids is 1. The lowest BCUT2D eigenvalue weighted by atomic mass is 9.82. The van der Waals surface area contributed by atoms with Gasteiger partial charge in [-0.3, -0.25) is 9.67 Å². The van der Waals surface area contributed by atoms with Crippen molar-refractivity contribution in [2.45, 2.75) is 31.7 Å². The van der Waals surface area contributed by atoms with E-state index < -0.39 is 0 Å². The van der Waals surface area contributed by atoms with E-state index >= 15 is 0 Å². The number of nitrogens with zero attached hydrogens (tertiary/aromatic N) is 5. The Morgan fingerprint density at radius 2 is 2.10 bits per heavy atom. The molecule has 1 atom stereocenters. The molecule has 0 bridgehead atoms. The van der Waals surface area contributed by atoms with E-state index in [0.29, 0.717) is 12.4 Å². The predicted molar refractivity (Wildman–Crippen MR) is 115 cm³/mol. The van der Waals surface area contributed by atoms with Crippen molar-refractivity contribution in [2.24, 2.45) is 0 Å². The summed E-state index contributed by atoms with van der Waals surface area (Å²) in [7, 11) is 0. The molecular weight excluding hydrogens is 378 g/mol. The molecule has 0 aromatic carbocycles. The highest BCUT2D eigenvalue weighted by Crippen LogP contribution is 2.44. The van der Waals surface area contributed by atoms with Crippen molar-refractivity contribution in [3.63, 3.8) is 0 Å². The average Bonchev–Trinajstić information content (AvgIpc) is 3.46. The van der Waals surface area contributed by atoms with Gasteiger partial charge in [0.25, 0.3) is 0 Å². The number of rotatable bonds is 3. The first kappa shape index (κ1) is 18.6. The van der Waals surface area contributed by atoms with Gasteiger partial charge in [0.05, 0.1) is 5.69 Å². The lowest BCUT2D eigenvalue weighted by Gasteiger charge is -2.23. The number of hydrogen-bond donors (Lipinski definition) is 2. The first-order valence-corrected chi connectivity index (χ1v) is 10.4. The fraction of sp³-hybridized carbons (Fsp3) is 0.364. The summed E-state index contributed by atoms with van der Waals surface area (Å²) in [6.45, 7) is 4.98. The SMILES string of the molecule is CCNC(=O)N1CCC2(CCn3nc(-c4cnc(N)c(-c5cccnc5)c4)cc32)C1. The smallest absolute Gasteiger partial charge is 0.317 e. The summed E-state index contributed by atoms with van der Waals surface area (Å²) in [6, 6.07) is 8.07. The van der Waals surface area contributed by atoms with Crippen LogP contribution in [0.1, 0.15) is 25.5 Å². The molecule has 0 aliphatic carbocycles. The molecule has 5 heterocycles. The van der Waals surface area contributed by atoms with Crippen molar-refractivity contribution in [2.75, 3.05) is 25.4 Å². The summed E-state index contributed by atoms with van der Waals surface area (Å²) >= 11 is 0. The first-order valence-electron chi connectivity index (χ1n) is 10.4. The molecule has 2 amide bonds. The summed E-state index contributed by atoms with van der Waals surface area (Å²) in [5, 5.41) is 7.77. The molecule has 1 spiro atoms. The van der Waals surface area contributed by atoms with Gasteiger partial charge in [-0.1, -0.05) is 6.07 Å². The molecule has 2 aliphatic heterocycles. The van der Waals surface area contributed by atoms with Crippen LogP contribution in [0.4, 0.5) is 10.6 Å². The first-order chi connectivity index (χ1) is 14.6. The summed E-state index contributed by atoms with van der Waals surface area (Å²) in [5.41, 5.74) is 10.9. The lowest BCUT2D eigenvalue weighted by molar-refractivity contribution is 0.206. The van der Waals surface area contributed by atoms with Crippen LogP contribution in [0.25, 0.3) is 22.4 Å². The Hall–Kier alpha value is -3.42. The quantitative estimate of drug-likeness (QED) is 0.700. The fourth-order valence-electron chi connectivity index (χ4n) is 4.69. The summed E-state index contributed by atoms with van der Waals surface area (Å²) < 4.78 is 2.09. The minimum Gasteiger partial charge on any atom is -0.383 e. The van der Waals surface area contributed by atoms with E-state index in [1.54, 1.807) is 18.6 Å². The number of anilines is 1. The van der Waals surface area contributed by atoms with Gasteiger partial charge < -0.3 is 16.0 Å². The maximum absolute atomic E-state index is 12.3. The van der Waals surface area contributed by atoms with Gasteiger partial charge in [-0.15, -0.1) is 0 Å². The molecule has 8 nitrogen and oxygen atoms in total. The average molecular weight is 403 g/mol. The zero-order chi connectivity index (χ0) is 20.7. The van der Waals surface area contributed by atoms with Crippen LogP contribution in [0.5, 0.6) is 0 Å². The second-order valence-electron chi connectivity index (χ2n) is 8.07. The minimum absolute atomic E-state index is 0.0102. The standard InChI is InChI=1S/C22H25N7O/c1-2-25-21(30)28-8-5-22(14-28)6-9-29-19(22)11-18(27-29)16-10-17(20(23)26-13-16)15-4-3-7-24-12-15/h3-4,7,10-13H,2,5-6,8-9,14H2,1H3,(H2,23,26)(H,25,30). The lowest BCUT2D eigenvalue weighted by Crippen LogP contribution is -2.40. The Kier molecular flexibility index (Phi) is 4.42. The summed E-state index contributed by atoms with van der Waals surface area (Å²) in [5.74, 6) is 0.475. The summed E-state index contributed by atoms with van der Waals surface area (Å²) in [6.07, 6.45) is 7.29.